The monoisotopic (exact) mass is 487 g/mol. The van der Waals surface area contributed by atoms with E-state index in [1.165, 1.54) is 4.80 Å². The summed E-state index contributed by atoms with van der Waals surface area (Å²) in [5.74, 6) is 1.32. The van der Waals surface area contributed by atoms with Crippen LogP contribution in [0.4, 0.5) is 0 Å². The van der Waals surface area contributed by atoms with Crippen LogP contribution in [0.1, 0.15) is 51.2 Å². The Kier molecular flexibility index (Phi) is 8.86. The van der Waals surface area contributed by atoms with Crippen LogP contribution in [0.15, 0.2) is 16.5 Å². The summed E-state index contributed by atoms with van der Waals surface area (Å²) in [5.41, 5.74) is 0. The summed E-state index contributed by atoms with van der Waals surface area (Å²) in [4.78, 5) is 32.1. The molecule has 2 aromatic heterocycles. The summed E-state index contributed by atoms with van der Waals surface area (Å²) in [6.45, 7) is 7.96. The highest BCUT2D eigenvalue weighted by Crippen LogP contribution is 2.19. The quantitative estimate of drug-likeness (QED) is 0.508. The number of rotatable bonds is 11. The number of aryl methyl sites for hydroxylation is 1. The molecule has 1 aliphatic carbocycles. The van der Waals surface area contributed by atoms with E-state index >= 15 is 0 Å². The first-order valence-electron chi connectivity index (χ1n) is 12.8. The molecule has 11 nitrogen and oxygen atoms in total. The van der Waals surface area contributed by atoms with E-state index in [0.717, 1.165) is 51.0 Å². The van der Waals surface area contributed by atoms with Gasteiger partial charge in [-0.25, -0.2) is 0 Å². The van der Waals surface area contributed by atoms with E-state index in [0.29, 0.717) is 44.3 Å². The maximum atomic E-state index is 13.5. The van der Waals surface area contributed by atoms with Crippen LogP contribution in [-0.4, -0.2) is 93.3 Å². The maximum absolute atomic E-state index is 13.5. The van der Waals surface area contributed by atoms with Crippen LogP contribution in [-0.2, 0) is 20.9 Å². The summed E-state index contributed by atoms with van der Waals surface area (Å²) in [7, 11) is 0. The fourth-order valence-corrected chi connectivity index (χ4v) is 4.77. The Bertz CT molecular complexity index is 963. The van der Waals surface area contributed by atoms with Crippen LogP contribution in [0.2, 0.25) is 0 Å². The summed E-state index contributed by atoms with van der Waals surface area (Å²) in [5, 5.41) is 15.6. The Morgan fingerprint density at radius 2 is 2.00 bits per heavy atom. The number of nitrogens with one attached hydrogen (secondary N) is 1. The maximum Gasteiger partial charge on any atom is 0.246 e. The average molecular weight is 488 g/mol. The van der Waals surface area contributed by atoms with Crippen molar-refractivity contribution in [3.8, 4) is 11.6 Å². The van der Waals surface area contributed by atoms with Crippen LogP contribution in [0.25, 0.3) is 11.6 Å². The standard InChI is InChI=1S/C24H37N7O4/c1-3-6-20(24(33)25-19-7-4-5-8-19)30(12-11-29-13-15-34-16-14-29)22(32)17-31-27-23(26-28-31)21-10-9-18(2)35-21/h9-10,19-20H,3-8,11-17H2,1-2H3,(H,25,33)/t20-/m0/s1. The van der Waals surface area contributed by atoms with E-state index in [-0.39, 0.29) is 24.4 Å². The Labute approximate surface area is 206 Å². The predicted molar refractivity (Wildman–Crippen MR) is 128 cm³/mol. The first-order chi connectivity index (χ1) is 17.0. The van der Waals surface area contributed by atoms with E-state index in [1.54, 1.807) is 11.0 Å². The second-order valence-corrected chi connectivity index (χ2v) is 9.39. The van der Waals surface area contributed by atoms with Crippen LogP contribution < -0.4 is 5.32 Å². The molecule has 0 bridgehead atoms. The molecule has 4 rings (SSSR count). The third kappa shape index (κ3) is 6.88. The van der Waals surface area contributed by atoms with Gasteiger partial charge in [0.05, 0.1) is 13.2 Å². The van der Waals surface area contributed by atoms with Crippen molar-refractivity contribution in [2.75, 3.05) is 39.4 Å². The summed E-state index contributed by atoms with van der Waals surface area (Å²) in [6.07, 6.45) is 5.69. The third-order valence-corrected chi connectivity index (χ3v) is 6.71. The molecule has 0 aromatic carbocycles. The first kappa shape index (κ1) is 25.3. The minimum Gasteiger partial charge on any atom is -0.458 e. The Balaban J connectivity index is 1.47. The lowest BCUT2D eigenvalue weighted by Crippen LogP contribution is -2.54. The van der Waals surface area contributed by atoms with Crippen LogP contribution in [0, 0.1) is 6.92 Å². The lowest BCUT2D eigenvalue weighted by molar-refractivity contribution is -0.142. The van der Waals surface area contributed by atoms with Gasteiger partial charge in [0.15, 0.2) is 5.76 Å². The topological polar surface area (TPSA) is 119 Å². The fourth-order valence-electron chi connectivity index (χ4n) is 4.77. The van der Waals surface area contributed by atoms with Crippen molar-refractivity contribution < 1.29 is 18.7 Å². The number of ether oxygens (including phenoxy) is 1. The van der Waals surface area contributed by atoms with Gasteiger partial charge in [0.25, 0.3) is 0 Å². The van der Waals surface area contributed by atoms with Gasteiger partial charge in [-0.15, -0.1) is 10.2 Å². The highest BCUT2D eigenvalue weighted by Gasteiger charge is 2.32. The molecule has 11 heteroatoms. The van der Waals surface area contributed by atoms with E-state index in [2.05, 4.69) is 25.6 Å². The van der Waals surface area contributed by atoms with Gasteiger partial charge in [-0.1, -0.05) is 26.2 Å². The van der Waals surface area contributed by atoms with Crippen LogP contribution >= 0.6 is 0 Å². The van der Waals surface area contributed by atoms with Crippen molar-refractivity contribution in [3.05, 3.63) is 17.9 Å². The smallest absolute Gasteiger partial charge is 0.246 e. The Morgan fingerprint density at radius 3 is 2.69 bits per heavy atom. The average Bonchev–Trinajstić information content (AvgIpc) is 3.62. The van der Waals surface area contributed by atoms with Crippen molar-refractivity contribution in [3.63, 3.8) is 0 Å². The summed E-state index contributed by atoms with van der Waals surface area (Å²) < 4.78 is 11.0. The number of furan rings is 1. The van der Waals surface area contributed by atoms with Gasteiger partial charge in [0.2, 0.25) is 17.6 Å². The minimum absolute atomic E-state index is 0.0626. The number of morpholine rings is 1. The predicted octanol–water partition coefficient (Wildman–Crippen LogP) is 1.63. The molecule has 1 aliphatic heterocycles. The number of tetrazole rings is 1. The number of carbonyl (C=O) groups excluding carboxylic acids is 2. The zero-order valence-electron chi connectivity index (χ0n) is 20.8. The van der Waals surface area contributed by atoms with Crippen molar-refractivity contribution >= 4 is 11.8 Å². The molecule has 1 saturated carbocycles. The zero-order chi connectivity index (χ0) is 24.6. The normalized spacial score (nSPS) is 18.0. The van der Waals surface area contributed by atoms with Gasteiger partial charge in [0.1, 0.15) is 18.3 Å². The molecule has 2 aliphatic rings. The van der Waals surface area contributed by atoms with Crippen molar-refractivity contribution in [1.82, 2.24) is 35.3 Å². The number of carbonyl (C=O) groups is 2. The second-order valence-electron chi connectivity index (χ2n) is 9.39. The second kappa shape index (κ2) is 12.3. The lowest BCUT2D eigenvalue weighted by atomic mass is 10.1. The van der Waals surface area contributed by atoms with Gasteiger partial charge in [-0.05, 0) is 43.5 Å². The molecule has 1 N–H and O–H groups in total. The molecule has 0 unspecified atom stereocenters. The van der Waals surface area contributed by atoms with Crippen molar-refractivity contribution in [2.45, 2.75) is 71.0 Å². The number of aromatic nitrogens is 4. The van der Waals surface area contributed by atoms with Gasteiger partial charge in [-0.2, -0.15) is 4.80 Å². The molecular weight excluding hydrogens is 450 g/mol. The van der Waals surface area contributed by atoms with Gasteiger partial charge in [-0.3, -0.25) is 14.5 Å². The van der Waals surface area contributed by atoms with E-state index < -0.39 is 6.04 Å². The Morgan fingerprint density at radius 1 is 1.23 bits per heavy atom. The molecule has 1 saturated heterocycles. The Hall–Kier alpha value is -2.79. The van der Waals surface area contributed by atoms with Gasteiger partial charge >= 0.3 is 0 Å². The van der Waals surface area contributed by atoms with Crippen LogP contribution in [0.3, 0.4) is 0 Å². The van der Waals surface area contributed by atoms with Gasteiger partial charge < -0.3 is 19.4 Å². The molecule has 2 fully saturated rings. The van der Waals surface area contributed by atoms with E-state index in [1.807, 2.05) is 19.9 Å². The molecule has 1 atom stereocenters. The fraction of sp³-hybridized carbons (Fsp3) is 0.708. The molecule has 0 spiro atoms. The largest absolute Gasteiger partial charge is 0.458 e. The molecule has 2 amide bonds. The lowest BCUT2D eigenvalue weighted by Gasteiger charge is -2.34. The number of hydrogen-bond acceptors (Lipinski definition) is 8. The van der Waals surface area contributed by atoms with E-state index in [4.69, 9.17) is 9.15 Å². The highest BCUT2D eigenvalue weighted by molar-refractivity contribution is 5.87. The molecule has 2 aromatic rings. The number of amides is 2. The molecular formula is C24H37N7O4. The van der Waals surface area contributed by atoms with Crippen LogP contribution in [0.5, 0.6) is 0 Å². The molecule has 192 valence electrons. The summed E-state index contributed by atoms with van der Waals surface area (Å²) >= 11 is 0. The van der Waals surface area contributed by atoms with Crippen molar-refractivity contribution in [2.24, 2.45) is 0 Å². The number of nitrogens with zero attached hydrogens (tertiary/aromatic N) is 6. The third-order valence-electron chi connectivity index (χ3n) is 6.71. The SMILES string of the molecule is CCC[C@@H](C(=O)NC1CCCC1)N(CCN1CCOCC1)C(=O)Cn1nnc(-c2ccc(C)o2)n1. The first-order valence-corrected chi connectivity index (χ1v) is 12.8. The van der Waals surface area contributed by atoms with Crippen molar-refractivity contribution in [1.29, 1.82) is 0 Å². The molecule has 35 heavy (non-hydrogen) atoms. The molecule has 0 radical (unpaired) electrons. The van der Waals surface area contributed by atoms with E-state index in [9.17, 15) is 9.59 Å². The number of hydrogen-bond donors (Lipinski definition) is 1. The highest BCUT2D eigenvalue weighted by atomic mass is 16.5. The summed E-state index contributed by atoms with van der Waals surface area (Å²) in [6, 6.07) is 3.28. The molecule has 3 heterocycles. The van der Waals surface area contributed by atoms with Gasteiger partial charge in [0, 0.05) is 32.2 Å². The zero-order valence-corrected chi connectivity index (χ0v) is 20.8. The minimum atomic E-state index is -0.523.